The summed E-state index contributed by atoms with van der Waals surface area (Å²) in [7, 11) is 0. The van der Waals surface area contributed by atoms with Gasteiger partial charge in [-0.2, -0.15) is 0 Å². The lowest BCUT2D eigenvalue weighted by atomic mass is 10.0. The molecule has 2 aromatic rings. The van der Waals surface area contributed by atoms with Crippen molar-refractivity contribution in [2.24, 2.45) is 0 Å². The Morgan fingerprint density at radius 2 is 2.11 bits per heavy atom. The molecule has 1 atom stereocenters. The van der Waals surface area contributed by atoms with E-state index in [1.807, 2.05) is 43.5 Å². The number of halogens is 2. The largest absolute Gasteiger partial charge is 0.388 e. The maximum absolute atomic E-state index is 10.3. The smallest absolute Gasteiger partial charge is 0.0856 e. The predicted molar refractivity (Wildman–Crippen MR) is 84.5 cm³/mol. The number of hydrogen-bond donors (Lipinski definition) is 1. The van der Waals surface area contributed by atoms with Gasteiger partial charge in [-0.25, -0.2) is 0 Å². The molecule has 0 fully saturated rings. The molecule has 0 aliphatic heterocycles. The van der Waals surface area contributed by atoms with Crippen LogP contribution in [-0.4, -0.2) is 10.1 Å². The van der Waals surface area contributed by atoms with Crippen LogP contribution in [0.1, 0.15) is 22.9 Å². The van der Waals surface area contributed by atoms with Gasteiger partial charge in [-0.3, -0.25) is 4.98 Å². The number of hydrogen-bond acceptors (Lipinski definition) is 2. The quantitative estimate of drug-likeness (QED) is 0.764. The molecule has 1 unspecified atom stereocenters. The van der Waals surface area contributed by atoms with Crippen LogP contribution in [0.15, 0.2) is 41.0 Å². The van der Waals surface area contributed by atoms with Gasteiger partial charge in [0.15, 0.2) is 0 Å². The van der Waals surface area contributed by atoms with Crippen LogP contribution in [0.2, 0.25) is 0 Å². The normalized spacial score (nSPS) is 12.4. The molecule has 0 aliphatic rings. The first-order valence-corrected chi connectivity index (χ1v) is 7.48. The number of rotatable bonds is 3. The summed E-state index contributed by atoms with van der Waals surface area (Å²) in [5, 5.41) is 10.3. The van der Waals surface area contributed by atoms with E-state index in [0.29, 0.717) is 6.42 Å². The van der Waals surface area contributed by atoms with Gasteiger partial charge in [0, 0.05) is 26.4 Å². The molecular formula is C14H13BrINO. The van der Waals surface area contributed by atoms with E-state index < -0.39 is 6.10 Å². The van der Waals surface area contributed by atoms with E-state index in [1.54, 1.807) is 0 Å². The van der Waals surface area contributed by atoms with Crippen molar-refractivity contribution in [3.8, 4) is 0 Å². The summed E-state index contributed by atoms with van der Waals surface area (Å²) in [6.45, 7) is 2.00. The van der Waals surface area contributed by atoms with E-state index in [4.69, 9.17) is 0 Å². The van der Waals surface area contributed by atoms with Gasteiger partial charge in [-0.15, -0.1) is 0 Å². The lowest BCUT2D eigenvalue weighted by Gasteiger charge is -2.13. The van der Waals surface area contributed by atoms with Crippen LogP contribution < -0.4 is 0 Å². The molecular weight excluding hydrogens is 405 g/mol. The molecule has 0 radical (unpaired) electrons. The number of benzene rings is 1. The molecule has 4 heteroatoms. The summed E-state index contributed by atoms with van der Waals surface area (Å²) in [5.41, 5.74) is 2.97. The Balaban J connectivity index is 2.18. The van der Waals surface area contributed by atoms with Crippen molar-refractivity contribution in [2.75, 3.05) is 0 Å². The molecule has 0 bridgehead atoms. The summed E-state index contributed by atoms with van der Waals surface area (Å²) < 4.78 is 2.05. The molecule has 2 rings (SSSR count). The fraction of sp³-hybridized carbons (Fsp3) is 0.214. The Morgan fingerprint density at radius 1 is 1.33 bits per heavy atom. The van der Waals surface area contributed by atoms with Gasteiger partial charge in [0.2, 0.25) is 0 Å². The lowest BCUT2D eigenvalue weighted by molar-refractivity contribution is 0.176. The second kappa shape index (κ2) is 6.12. The molecule has 94 valence electrons. The van der Waals surface area contributed by atoms with E-state index in [-0.39, 0.29) is 0 Å². The maximum atomic E-state index is 10.3. The second-order valence-electron chi connectivity index (χ2n) is 4.21. The molecule has 18 heavy (non-hydrogen) atoms. The van der Waals surface area contributed by atoms with Gasteiger partial charge in [0.1, 0.15) is 0 Å². The van der Waals surface area contributed by atoms with Crippen LogP contribution in [0.5, 0.6) is 0 Å². The highest BCUT2D eigenvalue weighted by Crippen LogP contribution is 2.26. The fourth-order valence-corrected chi connectivity index (χ4v) is 2.77. The van der Waals surface area contributed by atoms with Gasteiger partial charge in [0.05, 0.1) is 6.10 Å². The minimum absolute atomic E-state index is 0.524. The molecule has 1 N–H and O–H groups in total. The Labute approximate surface area is 129 Å². The summed E-state index contributed by atoms with van der Waals surface area (Å²) in [6, 6.07) is 9.90. The summed E-state index contributed by atoms with van der Waals surface area (Å²) >= 11 is 5.67. The molecule has 0 saturated carbocycles. The fourth-order valence-electron chi connectivity index (χ4n) is 1.70. The lowest BCUT2D eigenvalue weighted by Crippen LogP contribution is -2.05. The van der Waals surface area contributed by atoms with Gasteiger partial charge >= 0.3 is 0 Å². The zero-order valence-corrected chi connectivity index (χ0v) is 13.6. The highest BCUT2D eigenvalue weighted by atomic mass is 127. The number of aromatic nitrogens is 1. The van der Waals surface area contributed by atoms with Gasteiger partial charge in [0.25, 0.3) is 0 Å². The highest BCUT2D eigenvalue weighted by Gasteiger charge is 2.13. The molecule has 1 heterocycles. The predicted octanol–water partition coefficient (Wildman–Crippen LogP) is 4.03. The first-order chi connectivity index (χ1) is 8.56. The number of aliphatic hydroxyl groups excluding tert-OH is 1. The zero-order chi connectivity index (χ0) is 13.1. The van der Waals surface area contributed by atoms with Crippen molar-refractivity contribution in [1.29, 1.82) is 0 Å². The zero-order valence-electron chi connectivity index (χ0n) is 9.90. The number of aliphatic hydroxyl groups is 1. The van der Waals surface area contributed by atoms with E-state index in [2.05, 4.69) is 43.5 Å². The minimum atomic E-state index is -0.524. The van der Waals surface area contributed by atoms with Crippen LogP contribution in [0, 0.1) is 10.5 Å². The average molecular weight is 418 g/mol. The van der Waals surface area contributed by atoms with E-state index in [9.17, 15) is 5.11 Å². The Kier molecular flexibility index (Phi) is 4.75. The Bertz CT molecular complexity index is 542. The van der Waals surface area contributed by atoms with Crippen molar-refractivity contribution in [1.82, 2.24) is 4.98 Å². The molecule has 1 aromatic carbocycles. The van der Waals surface area contributed by atoms with Crippen molar-refractivity contribution < 1.29 is 5.11 Å². The summed E-state index contributed by atoms with van der Waals surface area (Å²) in [4.78, 5) is 4.32. The van der Waals surface area contributed by atoms with Crippen molar-refractivity contribution >= 4 is 38.5 Å². The van der Waals surface area contributed by atoms with Crippen LogP contribution in [0.4, 0.5) is 0 Å². The minimum Gasteiger partial charge on any atom is -0.388 e. The average Bonchev–Trinajstić information content (AvgIpc) is 2.35. The Morgan fingerprint density at radius 3 is 2.78 bits per heavy atom. The molecule has 2 nitrogen and oxygen atoms in total. The van der Waals surface area contributed by atoms with Crippen molar-refractivity contribution in [3.63, 3.8) is 0 Å². The van der Waals surface area contributed by atoms with E-state index >= 15 is 0 Å². The number of pyridine rings is 1. The van der Waals surface area contributed by atoms with Crippen LogP contribution in [-0.2, 0) is 6.42 Å². The molecule has 0 spiro atoms. The van der Waals surface area contributed by atoms with E-state index in [0.717, 1.165) is 24.9 Å². The monoisotopic (exact) mass is 417 g/mol. The highest BCUT2D eigenvalue weighted by molar-refractivity contribution is 14.1. The van der Waals surface area contributed by atoms with Crippen LogP contribution in [0.3, 0.4) is 0 Å². The molecule has 0 saturated heterocycles. The number of aryl methyl sites for hydroxylation is 1. The first-order valence-electron chi connectivity index (χ1n) is 5.61. The van der Waals surface area contributed by atoms with Crippen LogP contribution >= 0.6 is 38.5 Å². The standard InChI is InChI=1S/C14H13BrINO/c1-9-2-4-11(17-8-9)7-14(18)12-6-10(15)3-5-13(12)16/h2-6,8,14,18H,7H2,1H3. The van der Waals surface area contributed by atoms with Gasteiger partial charge in [-0.05, 0) is 64.9 Å². The van der Waals surface area contributed by atoms with Gasteiger partial charge < -0.3 is 5.11 Å². The summed E-state index contributed by atoms with van der Waals surface area (Å²) in [6.07, 6.45) is 1.84. The van der Waals surface area contributed by atoms with Gasteiger partial charge in [-0.1, -0.05) is 22.0 Å². The SMILES string of the molecule is Cc1ccc(CC(O)c2cc(Br)ccc2I)nc1. The third-order valence-corrected chi connectivity index (χ3v) is 4.17. The Hall–Kier alpha value is -0.460. The van der Waals surface area contributed by atoms with Crippen molar-refractivity contribution in [2.45, 2.75) is 19.4 Å². The first kappa shape index (κ1) is 14.0. The van der Waals surface area contributed by atoms with Crippen LogP contribution in [0.25, 0.3) is 0 Å². The maximum Gasteiger partial charge on any atom is 0.0856 e. The number of nitrogens with zero attached hydrogens (tertiary/aromatic N) is 1. The molecule has 1 aromatic heterocycles. The third kappa shape index (κ3) is 3.52. The topological polar surface area (TPSA) is 33.1 Å². The molecule has 0 amide bonds. The second-order valence-corrected chi connectivity index (χ2v) is 6.29. The van der Waals surface area contributed by atoms with Crippen molar-refractivity contribution in [3.05, 3.63) is 61.4 Å². The molecule has 0 aliphatic carbocycles. The third-order valence-electron chi connectivity index (χ3n) is 2.69. The summed E-state index contributed by atoms with van der Waals surface area (Å²) in [5.74, 6) is 0. The van der Waals surface area contributed by atoms with E-state index in [1.165, 1.54) is 0 Å².